The van der Waals surface area contributed by atoms with Crippen molar-refractivity contribution in [3.8, 4) is 0 Å². The Bertz CT molecular complexity index is 356. The van der Waals surface area contributed by atoms with Gasteiger partial charge in [-0.1, -0.05) is 11.6 Å². The van der Waals surface area contributed by atoms with Crippen LogP contribution in [0.2, 0.25) is 5.02 Å². The van der Waals surface area contributed by atoms with E-state index < -0.39 is 0 Å². The highest BCUT2D eigenvalue weighted by Crippen LogP contribution is 2.27. The van der Waals surface area contributed by atoms with Gasteiger partial charge >= 0.3 is 0 Å². The average Bonchev–Trinajstić information content (AvgIpc) is 2.66. The van der Waals surface area contributed by atoms with Crippen molar-refractivity contribution >= 4 is 17.3 Å². The van der Waals surface area contributed by atoms with Crippen molar-refractivity contribution in [1.82, 2.24) is 0 Å². The molecule has 0 aliphatic carbocycles. The number of halogens is 2. The van der Waals surface area contributed by atoms with Crippen LogP contribution in [0.5, 0.6) is 0 Å². The molecule has 0 radical (unpaired) electrons. The maximum Gasteiger partial charge on any atom is 0.147 e. The SMILES string of the molecule is NCC1CCN(c2ccc(Cl)cc2F)C1. The van der Waals surface area contributed by atoms with E-state index in [0.717, 1.165) is 19.5 Å². The van der Waals surface area contributed by atoms with Gasteiger partial charge in [0.15, 0.2) is 0 Å². The van der Waals surface area contributed by atoms with E-state index in [-0.39, 0.29) is 5.82 Å². The fourth-order valence-corrected chi connectivity index (χ4v) is 2.14. The van der Waals surface area contributed by atoms with Crippen LogP contribution < -0.4 is 10.6 Å². The molecule has 1 unspecified atom stereocenters. The first-order valence-corrected chi connectivity index (χ1v) is 5.48. The van der Waals surface area contributed by atoms with Gasteiger partial charge in [0.25, 0.3) is 0 Å². The zero-order chi connectivity index (χ0) is 10.8. The molecule has 2 rings (SSSR count). The lowest BCUT2D eigenvalue weighted by atomic mass is 10.1. The lowest BCUT2D eigenvalue weighted by molar-refractivity contribution is 0.597. The molecular formula is C11H14ClFN2. The molecule has 0 spiro atoms. The van der Waals surface area contributed by atoms with Crippen molar-refractivity contribution in [1.29, 1.82) is 0 Å². The molecule has 0 saturated carbocycles. The smallest absolute Gasteiger partial charge is 0.147 e. The molecule has 1 aromatic carbocycles. The lowest BCUT2D eigenvalue weighted by Gasteiger charge is -2.19. The van der Waals surface area contributed by atoms with Gasteiger partial charge in [-0.15, -0.1) is 0 Å². The second-order valence-corrected chi connectivity index (χ2v) is 4.37. The Balaban J connectivity index is 2.17. The average molecular weight is 229 g/mol. The van der Waals surface area contributed by atoms with Crippen LogP contribution >= 0.6 is 11.6 Å². The Morgan fingerprint density at radius 2 is 2.33 bits per heavy atom. The highest BCUT2D eigenvalue weighted by atomic mass is 35.5. The van der Waals surface area contributed by atoms with Crippen molar-refractivity contribution in [3.63, 3.8) is 0 Å². The van der Waals surface area contributed by atoms with Gasteiger partial charge in [-0.25, -0.2) is 4.39 Å². The Kier molecular flexibility index (Phi) is 3.12. The maximum absolute atomic E-state index is 13.6. The highest BCUT2D eigenvalue weighted by Gasteiger charge is 2.23. The topological polar surface area (TPSA) is 29.3 Å². The summed E-state index contributed by atoms with van der Waals surface area (Å²) in [4.78, 5) is 2.03. The summed E-state index contributed by atoms with van der Waals surface area (Å²) in [6.07, 6.45) is 1.04. The molecule has 2 N–H and O–H groups in total. The van der Waals surface area contributed by atoms with Crippen LogP contribution in [0.15, 0.2) is 18.2 Å². The van der Waals surface area contributed by atoms with Gasteiger partial charge in [0, 0.05) is 18.1 Å². The molecule has 1 fully saturated rings. The Labute approximate surface area is 93.8 Å². The minimum atomic E-state index is -0.250. The standard InChI is InChI=1S/C11H14ClFN2/c12-9-1-2-11(10(13)5-9)15-4-3-8(6-14)7-15/h1-2,5,8H,3-4,6-7,14H2. The molecule has 0 aromatic heterocycles. The minimum Gasteiger partial charge on any atom is -0.369 e. The van der Waals surface area contributed by atoms with Crippen molar-refractivity contribution in [2.75, 3.05) is 24.5 Å². The van der Waals surface area contributed by atoms with Crippen LogP contribution in [0.1, 0.15) is 6.42 Å². The number of anilines is 1. The molecule has 1 aliphatic heterocycles. The number of hydrogen-bond acceptors (Lipinski definition) is 2. The van der Waals surface area contributed by atoms with Crippen molar-refractivity contribution in [2.24, 2.45) is 11.7 Å². The second-order valence-electron chi connectivity index (χ2n) is 3.93. The number of nitrogens with zero attached hydrogens (tertiary/aromatic N) is 1. The van der Waals surface area contributed by atoms with Crippen LogP contribution in [0.3, 0.4) is 0 Å². The van der Waals surface area contributed by atoms with Gasteiger partial charge in [-0.2, -0.15) is 0 Å². The van der Waals surface area contributed by atoms with Crippen molar-refractivity contribution < 1.29 is 4.39 Å². The number of nitrogens with two attached hydrogens (primary N) is 1. The Hall–Kier alpha value is -0.800. The molecule has 2 nitrogen and oxygen atoms in total. The van der Waals surface area contributed by atoms with Crippen LogP contribution in [0.4, 0.5) is 10.1 Å². The summed E-state index contributed by atoms with van der Waals surface area (Å²) in [6.45, 7) is 2.39. The first-order valence-electron chi connectivity index (χ1n) is 5.11. The molecule has 4 heteroatoms. The molecule has 1 aliphatic rings. The summed E-state index contributed by atoms with van der Waals surface area (Å²) in [7, 11) is 0. The fraction of sp³-hybridized carbons (Fsp3) is 0.455. The molecule has 1 heterocycles. The van der Waals surface area contributed by atoms with Crippen LogP contribution in [-0.2, 0) is 0 Å². The van der Waals surface area contributed by atoms with E-state index >= 15 is 0 Å². The largest absolute Gasteiger partial charge is 0.369 e. The highest BCUT2D eigenvalue weighted by molar-refractivity contribution is 6.30. The summed E-state index contributed by atoms with van der Waals surface area (Å²) in [6, 6.07) is 4.80. The third-order valence-electron chi connectivity index (χ3n) is 2.87. The first kappa shape index (κ1) is 10.7. The van der Waals surface area contributed by atoms with Crippen molar-refractivity contribution in [2.45, 2.75) is 6.42 Å². The number of benzene rings is 1. The fourth-order valence-electron chi connectivity index (χ4n) is 1.98. The van der Waals surface area contributed by atoms with Crippen LogP contribution in [0.25, 0.3) is 0 Å². The predicted molar refractivity (Wildman–Crippen MR) is 60.8 cm³/mol. The second kappa shape index (κ2) is 4.37. The molecule has 82 valence electrons. The molecule has 1 saturated heterocycles. The number of rotatable bonds is 2. The molecular weight excluding hydrogens is 215 g/mol. The Morgan fingerprint density at radius 3 is 2.93 bits per heavy atom. The van der Waals surface area contributed by atoms with E-state index in [9.17, 15) is 4.39 Å². The van der Waals surface area contributed by atoms with E-state index in [4.69, 9.17) is 17.3 Å². The van der Waals surface area contributed by atoms with E-state index in [0.29, 0.717) is 23.2 Å². The maximum atomic E-state index is 13.6. The van der Waals surface area contributed by atoms with Gasteiger partial charge in [-0.05, 0) is 37.1 Å². The van der Waals surface area contributed by atoms with Gasteiger partial charge in [0.2, 0.25) is 0 Å². The minimum absolute atomic E-state index is 0.250. The molecule has 15 heavy (non-hydrogen) atoms. The molecule has 0 amide bonds. The summed E-state index contributed by atoms with van der Waals surface area (Å²) in [5, 5.41) is 0.436. The summed E-state index contributed by atoms with van der Waals surface area (Å²) >= 11 is 5.70. The first-order chi connectivity index (χ1) is 7.20. The number of hydrogen-bond donors (Lipinski definition) is 1. The monoisotopic (exact) mass is 228 g/mol. The molecule has 1 aromatic rings. The summed E-state index contributed by atoms with van der Waals surface area (Å²) < 4.78 is 13.6. The molecule has 1 atom stereocenters. The summed E-state index contributed by atoms with van der Waals surface area (Å²) in [5.41, 5.74) is 6.23. The van der Waals surface area contributed by atoms with E-state index in [1.54, 1.807) is 12.1 Å². The zero-order valence-electron chi connectivity index (χ0n) is 8.42. The van der Waals surface area contributed by atoms with Gasteiger partial charge in [0.05, 0.1) is 5.69 Å². The van der Waals surface area contributed by atoms with Crippen molar-refractivity contribution in [3.05, 3.63) is 29.0 Å². The van der Waals surface area contributed by atoms with Gasteiger partial charge in [0.1, 0.15) is 5.82 Å². The Morgan fingerprint density at radius 1 is 1.53 bits per heavy atom. The van der Waals surface area contributed by atoms with E-state index in [1.807, 2.05) is 4.90 Å². The predicted octanol–water partition coefficient (Wildman–Crippen LogP) is 2.26. The normalized spacial score (nSPS) is 21.0. The molecule has 0 bridgehead atoms. The van der Waals surface area contributed by atoms with Crippen LogP contribution in [-0.4, -0.2) is 19.6 Å². The lowest BCUT2D eigenvalue weighted by Crippen LogP contribution is -2.23. The van der Waals surface area contributed by atoms with Crippen LogP contribution in [0, 0.1) is 11.7 Å². The van der Waals surface area contributed by atoms with Gasteiger partial charge in [-0.3, -0.25) is 0 Å². The third-order valence-corrected chi connectivity index (χ3v) is 3.10. The van der Waals surface area contributed by atoms with E-state index in [2.05, 4.69) is 0 Å². The van der Waals surface area contributed by atoms with Gasteiger partial charge < -0.3 is 10.6 Å². The third kappa shape index (κ3) is 2.24. The summed E-state index contributed by atoms with van der Waals surface area (Å²) in [5.74, 6) is 0.236. The quantitative estimate of drug-likeness (QED) is 0.842. The van der Waals surface area contributed by atoms with E-state index in [1.165, 1.54) is 6.07 Å². The zero-order valence-corrected chi connectivity index (χ0v) is 9.17.